The van der Waals surface area contributed by atoms with Crippen LogP contribution >= 0.6 is 0 Å². The molecule has 1 aliphatic heterocycles. The summed E-state index contributed by atoms with van der Waals surface area (Å²) in [5.41, 5.74) is 0.753. The van der Waals surface area contributed by atoms with E-state index in [1.54, 1.807) is 18.2 Å². The molecule has 0 amide bonds. The first-order valence-electron chi connectivity index (χ1n) is 9.93. The van der Waals surface area contributed by atoms with E-state index in [0.29, 0.717) is 5.56 Å². The van der Waals surface area contributed by atoms with Crippen molar-refractivity contribution in [1.29, 1.82) is 0 Å². The van der Waals surface area contributed by atoms with Gasteiger partial charge >= 0.3 is 6.18 Å². The highest BCUT2D eigenvalue weighted by atomic mass is 32.2. The van der Waals surface area contributed by atoms with Crippen LogP contribution in [0.1, 0.15) is 31.0 Å². The van der Waals surface area contributed by atoms with Crippen LogP contribution in [-0.4, -0.2) is 19.3 Å². The molecule has 0 spiro atoms. The summed E-state index contributed by atoms with van der Waals surface area (Å²) in [5, 5.41) is 1.75. The zero-order valence-corrected chi connectivity index (χ0v) is 17.9. The van der Waals surface area contributed by atoms with Crippen LogP contribution in [-0.2, 0) is 16.2 Å². The van der Waals surface area contributed by atoms with Crippen molar-refractivity contribution in [1.82, 2.24) is 4.31 Å². The Bertz CT molecular complexity index is 1250. The van der Waals surface area contributed by atoms with Crippen molar-refractivity contribution in [3.8, 4) is 0 Å². The Morgan fingerprint density at radius 2 is 1.58 bits per heavy atom. The van der Waals surface area contributed by atoms with Crippen LogP contribution in [0.2, 0.25) is 0 Å². The van der Waals surface area contributed by atoms with E-state index in [9.17, 15) is 21.6 Å². The predicted octanol–water partition coefficient (Wildman–Crippen LogP) is 6.19. The molecular weight excluding hydrogens is 423 g/mol. The average Bonchev–Trinajstić information content (AvgIpc) is 2.74. The van der Waals surface area contributed by atoms with E-state index in [0.717, 1.165) is 28.5 Å². The molecule has 4 rings (SSSR count). The van der Waals surface area contributed by atoms with Gasteiger partial charge in [-0.25, -0.2) is 8.42 Å². The lowest BCUT2D eigenvalue weighted by atomic mass is 9.92. The first kappa shape index (κ1) is 21.6. The number of sulfonamides is 1. The first-order valence-corrected chi connectivity index (χ1v) is 11.4. The van der Waals surface area contributed by atoms with E-state index >= 15 is 0 Å². The highest BCUT2D eigenvalue weighted by molar-refractivity contribution is 7.89. The van der Waals surface area contributed by atoms with Gasteiger partial charge in [0.15, 0.2) is 0 Å². The van der Waals surface area contributed by atoms with Gasteiger partial charge < -0.3 is 0 Å². The fourth-order valence-corrected chi connectivity index (χ4v) is 5.55. The largest absolute Gasteiger partial charge is 0.416 e. The number of alkyl halides is 3. The standard InChI is InChI=1S/C24H22F3NO2S/c1-16-13-23(19-7-10-21(11-8-19)24(25,26)27)28(15-17(16)2)31(29,30)22-12-9-18-5-3-4-6-20(18)14-22/h3-14,17,23H,15H2,1-2H3/t17-,23?/m0/s1. The van der Waals surface area contributed by atoms with Crippen LogP contribution in [0.3, 0.4) is 0 Å². The minimum absolute atomic E-state index is 0.000861. The van der Waals surface area contributed by atoms with Crippen molar-refractivity contribution in [2.75, 3.05) is 6.54 Å². The second-order valence-corrected chi connectivity index (χ2v) is 9.85. The highest BCUT2D eigenvalue weighted by Crippen LogP contribution is 2.38. The molecule has 3 nitrogen and oxygen atoms in total. The van der Waals surface area contributed by atoms with Gasteiger partial charge in [0.05, 0.1) is 16.5 Å². The third kappa shape index (κ3) is 4.12. The van der Waals surface area contributed by atoms with Gasteiger partial charge in [0.25, 0.3) is 0 Å². The molecule has 1 aliphatic rings. The first-order chi connectivity index (χ1) is 14.6. The van der Waals surface area contributed by atoms with Gasteiger partial charge in [-0.2, -0.15) is 17.5 Å². The lowest BCUT2D eigenvalue weighted by Gasteiger charge is -2.36. The summed E-state index contributed by atoms with van der Waals surface area (Å²) < 4.78 is 67.5. The molecule has 2 atom stereocenters. The van der Waals surface area contributed by atoms with Crippen LogP contribution in [0, 0.1) is 5.92 Å². The summed E-state index contributed by atoms with van der Waals surface area (Å²) >= 11 is 0. The smallest absolute Gasteiger partial charge is 0.207 e. The molecule has 7 heteroatoms. The van der Waals surface area contributed by atoms with E-state index in [2.05, 4.69) is 0 Å². The Balaban J connectivity index is 1.78. The number of halogens is 3. The fourth-order valence-electron chi connectivity index (χ4n) is 3.87. The third-order valence-electron chi connectivity index (χ3n) is 5.87. The average molecular weight is 446 g/mol. The maximum atomic E-state index is 13.6. The maximum absolute atomic E-state index is 13.6. The number of hydrogen-bond donors (Lipinski definition) is 0. The molecule has 0 radical (unpaired) electrons. The van der Waals surface area contributed by atoms with Gasteiger partial charge in [-0.1, -0.05) is 61.0 Å². The van der Waals surface area contributed by atoms with Crippen LogP contribution in [0.25, 0.3) is 10.8 Å². The molecule has 0 N–H and O–H groups in total. The summed E-state index contributed by atoms with van der Waals surface area (Å²) in [7, 11) is -3.88. The molecule has 3 aromatic carbocycles. The van der Waals surface area contributed by atoms with Crippen LogP contribution in [0.4, 0.5) is 13.2 Å². The Morgan fingerprint density at radius 3 is 2.23 bits per heavy atom. The molecule has 0 saturated heterocycles. The summed E-state index contributed by atoms with van der Waals surface area (Å²) in [6.45, 7) is 4.11. The van der Waals surface area contributed by atoms with Gasteiger partial charge in [-0.05, 0) is 53.4 Å². The van der Waals surface area contributed by atoms with E-state index in [4.69, 9.17) is 0 Å². The number of benzene rings is 3. The number of hydrogen-bond acceptors (Lipinski definition) is 2. The van der Waals surface area contributed by atoms with Crippen LogP contribution in [0.15, 0.2) is 83.3 Å². The lowest BCUT2D eigenvalue weighted by Crippen LogP contribution is -2.40. The van der Waals surface area contributed by atoms with Crippen molar-refractivity contribution in [2.24, 2.45) is 5.92 Å². The number of nitrogens with zero attached hydrogens (tertiary/aromatic N) is 1. The van der Waals surface area contributed by atoms with E-state index in [1.807, 2.05) is 44.2 Å². The summed E-state index contributed by atoms with van der Waals surface area (Å²) in [6, 6.07) is 16.5. The molecule has 1 unspecified atom stereocenters. The molecule has 0 fully saturated rings. The highest BCUT2D eigenvalue weighted by Gasteiger charge is 2.37. The SMILES string of the molecule is CC1=CC(c2ccc(C(F)(F)F)cc2)N(S(=O)(=O)c2ccc3ccccc3c2)C[C@@H]1C. The maximum Gasteiger partial charge on any atom is 0.416 e. The number of rotatable bonds is 3. The summed E-state index contributed by atoms with van der Waals surface area (Å²) in [4.78, 5) is 0.170. The second kappa shape index (κ2) is 7.80. The Labute approximate surface area is 179 Å². The van der Waals surface area contributed by atoms with Crippen molar-refractivity contribution in [3.63, 3.8) is 0 Å². The van der Waals surface area contributed by atoms with Gasteiger partial charge in [0, 0.05) is 6.54 Å². The van der Waals surface area contributed by atoms with Gasteiger partial charge in [0.2, 0.25) is 10.0 Å². The predicted molar refractivity (Wildman–Crippen MR) is 115 cm³/mol. The monoisotopic (exact) mass is 445 g/mol. The lowest BCUT2D eigenvalue weighted by molar-refractivity contribution is -0.137. The minimum atomic E-state index is -4.44. The van der Waals surface area contributed by atoms with Gasteiger partial charge in [-0.3, -0.25) is 0 Å². The van der Waals surface area contributed by atoms with Crippen molar-refractivity contribution in [3.05, 3.63) is 89.5 Å². The molecule has 0 aromatic heterocycles. The van der Waals surface area contributed by atoms with Crippen molar-refractivity contribution >= 4 is 20.8 Å². The zero-order valence-electron chi connectivity index (χ0n) is 17.1. The van der Waals surface area contributed by atoms with Crippen molar-refractivity contribution < 1.29 is 21.6 Å². The zero-order chi connectivity index (χ0) is 22.4. The van der Waals surface area contributed by atoms with E-state index in [1.165, 1.54) is 16.4 Å². The Morgan fingerprint density at radius 1 is 0.935 bits per heavy atom. The fraction of sp³-hybridized carbons (Fsp3) is 0.250. The Hall–Kier alpha value is -2.64. The van der Waals surface area contributed by atoms with Gasteiger partial charge in [0.1, 0.15) is 0 Å². The normalized spacial score (nSPS) is 20.6. The van der Waals surface area contributed by atoms with E-state index < -0.39 is 27.8 Å². The quantitative estimate of drug-likeness (QED) is 0.451. The molecule has 162 valence electrons. The second-order valence-electron chi connectivity index (χ2n) is 7.96. The number of fused-ring (bicyclic) bond motifs is 1. The van der Waals surface area contributed by atoms with Crippen LogP contribution in [0.5, 0.6) is 0 Å². The topological polar surface area (TPSA) is 37.4 Å². The summed E-state index contributed by atoms with van der Waals surface area (Å²) in [5.74, 6) is 0.000861. The van der Waals surface area contributed by atoms with Gasteiger partial charge in [-0.15, -0.1) is 0 Å². The molecule has 31 heavy (non-hydrogen) atoms. The van der Waals surface area contributed by atoms with E-state index in [-0.39, 0.29) is 17.4 Å². The molecule has 0 bridgehead atoms. The molecular formula is C24H22F3NO2S. The third-order valence-corrected chi connectivity index (χ3v) is 7.71. The van der Waals surface area contributed by atoms with Crippen LogP contribution < -0.4 is 0 Å². The summed E-state index contributed by atoms with van der Waals surface area (Å²) in [6.07, 6.45) is -2.61. The molecule has 3 aromatic rings. The Kier molecular flexibility index (Phi) is 5.43. The minimum Gasteiger partial charge on any atom is -0.207 e. The van der Waals surface area contributed by atoms with Crippen molar-refractivity contribution in [2.45, 2.75) is 31.0 Å². The molecule has 0 saturated carbocycles. The molecule has 1 heterocycles. The molecule has 0 aliphatic carbocycles.